The quantitative estimate of drug-likeness (QED) is 0.384. The van der Waals surface area contributed by atoms with Crippen LogP contribution in [-0.2, 0) is 13.2 Å². The van der Waals surface area contributed by atoms with Gasteiger partial charge in [-0.2, -0.15) is 0 Å². The van der Waals surface area contributed by atoms with Crippen LogP contribution in [-0.4, -0.2) is 16.1 Å². The average Bonchev–Trinajstić information content (AvgIpc) is 2.78. The number of carboxylic acids is 1. The minimum absolute atomic E-state index is 0.119. The second-order valence-corrected chi connectivity index (χ2v) is 7.53. The Morgan fingerprint density at radius 2 is 1.74 bits per heavy atom. The number of para-hydroxylation sites is 1. The average molecular weight is 434 g/mol. The zero-order chi connectivity index (χ0) is 21.8. The van der Waals surface area contributed by atoms with Crippen LogP contribution in [0.2, 0.25) is 5.02 Å². The van der Waals surface area contributed by atoms with Crippen LogP contribution in [0.4, 0.5) is 0 Å². The number of aromatic nitrogens is 1. The lowest BCUT2D eigenvalue weighted by Gasteiger charge is -2.14. The fourth-order valence-electron chi connectivity index (χ4n) is 3.10. The summed E-state index contributed by atoms with van der Waals surface area (Å²) >= 11 is 6.19. The van der Waals surface area contributed by atoms with Gasteiger partial charge >= 0.3 is 5.97 Å². The number of fused-ring (bicyclic) bond motifs is 1. The number of nitrogens with zero attached hydrogens (tertiary/aromatic N) is 1. The highest BCUT2D eigenvalue weighted by Gasteiger charge is 2.12. The molecule has 4 rings (SSSR count). The van der Waals surface area contributed by atoms with Gasteiger partial charge < -0.3 is 14.6 Å². The monoisotopic (exact) mass is 433 g/mol. The Bertz CT molecular complexity index is 1260. The number of ether oxygens (including phenoxy) is 2. The molecule has 0 aliphatic heterocycles. The third kappa shape index (κ3) is 4.95. The summed E-state index contributed by atoms with van der Waals surface area (Å²) in [5, 5.41) is 11.0. The van der Waals surface area contributed by atoms with Crippen molar-refractivity contribution in [2.45, 2.75) is 20.1 Å². The highest BCUT2D eigenvalue weighted by molar-refractivity contribution is 6.31. The van der Waals surface area contributed by atoms with E-state index in [1.165, 1.54) is 12.1 Å². The summed E-state index contributed by atoms with van der Waals surface area (Å²) in [5.74, 6) is -0.249. The van der Waals surface area contributed by atoms with Crippen molar-refractivity contribution in [2.75, 3.05) is 0 Å². The summed E-state index contributed by atoms with van der Waals surface area (Å²) in [5.41, 5.74) is 3.62. The highest BCUT2D eigenvalue weighted by atomic mass is 35.5. The summed E-state index contributed by atoms with van der Waals surface area (Å²) in [6, 6.07) is 22.0. The van der Waals surface area contributed by atoms with Crippen LogP contribution in [0.25, 0.3) is 10.9 Å². The Kier molecular flexibility index (Phi) is 6.05. The van der Waals surface area contributed by atoms with E-state index in [0.29, 0.717) is 16.5 Å². The summed E-state index contributed by atoms with van der Waals surface area (Å²) in [6.45, 7) is 2.38. The third-order valence-electron chi connectivity index (χ3n) is 4.85. The van der Waals surface area contributed by atoms with E-state index in [0.717, 1.165) is 27.7 Å². The molecular formula is C25H20ClNO4. The van der Waals surface area contributed by atoms with Crippen LogP contribution in [0, 0.1) is 6.92 Å². The van der Waals surface area contributed by atoms with Crippen LogP contribution in [0.5, 0.6) is 11.5 Å². The first-order valence-corrected chi connectivity index (χ1v) is 10.1. The Hall–Kier alpha value is -3.57. The maximum atomic E-state index is 11.4. The molecule has 0 fully saturated rings. The third-order valence-corrected chi connectivity index (χ3v) is 5.26. The number of carboxylic acid groups (broad SMARTS) is 1. The second-order valence-electron chi connectivity index (χ2n) is 7.12. The fraction of sp³-hybridized carbons (Fsp3) is 0.120. The zero-order valence-corrected chi connectivity index (χ0v) is 17.6. The molecular weight excluding hydrogens is 414 g/mol. The number of aromatic carboxylic acids is 1. The van der Waals surface area contributed by atoms with Crippen molar-refractivity contribution in [3.8, 4) is 11.5 Å². The number of hydrogen-bond donors (Lipinski definition) is 1. The number of rotatable bonds is 7. The summed E-state index contributed by atoms with van der Waals surface area (Å²) in [4.78, 5) is 16.0. The smallest absolute Gasteiger partial charge is 0.335 e. The molecule has 0 aliphatic rings. The molecule has 0 saturated heterocycles. The number of carbonyl (C=O) groups is 1. The molecule has 6 heteroatoms. The molecule has 0 saturated carbocycles. The van der Waals surface area contributed by atoms with Gasteiger partial charge in [0.15, 0.2) is 11.5 Å². The summed E-state index contributed by atoms with van der Waals surface area (Å²) in [6.07, 6.45) is 0. The van der Waals surface area contributed by atoms with Gasteiger partial charge in [-0.05, 0) is 54.4 Å². The molecule has 31 heavy (non-hydrogen) atoms. The molecule has 0 radical (unpaired) electrons. The van der Waals surface area contributed by atoms with Crippen LogP contribution >= 0.6 is 11.6 Å². The molecule has 4 aromatic rings. The molecule has 1 N–H and O–H groups in total. The van der Waals surface area contributed by atoms with Gasteiger partial charge in [-0.3, -0.25) is 0 Å². The van der Waals surface area contributed by atoms with Crippen molar-refractivity contribution < 1.29 is 19.4 Å². The largest absolute Gasteiger partial charge is 0.485 e. The molecule has 0 atom stereocenters. The fourth-order valence-corrected chi connectivity index (χ4v) is 3.30. The number of hydrogen-bond acceptors (Lipinski definition) is 4. The molecule has 0 amide bonds. The first-order valence-electron chi connectivity index (χ1n) is 9.72. The highest BCUT2D eigenvalue weighted by Crippen LogP contribution is 2.30. The van der Waals surface area contributed by atoms with Gasteiger partial charge in [-0.1, -0.05) is 48.0 Å². The molecule has 0 unspecified atom stereocenters. The lowest BCUT2D eigenvalue weighted by atomic mass is 10.1. The summed E-state index contributed by atoms with van der Waals surface area (Å²) in [7, 11) is 0. The molecule has 5 nitrogen and oxygen atoms in total. The maximum Gasteiger partial charge on any atom is 0.335 e. The van der Waals surface area contributed by atoms with E-state index in [-0.39, 0.29) is 18.8 Å². The van der Waals surface area contributed by atoms with Crippen LogP contribution in [0.15, 0.2) is 72.8 Å². The minimum atomic E-state index is -1.04. The molecule has 1 aromatic heterocycles. The van der Waals surface area contributed by atoms with Gasteiger partial charge in [0.05, 0.1) is 16.8 Å². The van der Waals surface area contributed by atoms with Gasteiger partial charge in [0.25, 0.3) is 0 Å². The van der Waals surface area contributed by atoms with E-state index in [2.05, 4.69) is 4.98 Å². The van der Waals surface area contributed by atoms with Gasteiger partial charge in [0.2, 0.25) is 0 Å². The van der Waals surface area contributed by atoms with Crippen LogP contribution in [0.3, 0.4) is 0 Å². The predicted molar refractivity (Wildman–Crippen MR) is 120 cm³/mol. The van der Waals surface area contributed by atoms with E-state index in [9.17, 15) is 9.90 Å². The van der Waals surface area contributed by atoms with Crippen molar-refractivity contribution in [2.24, 2.45) is 0 Å². The standard InChI is InChI=1S/C25H20ClNO4/c1-16-6-7-17(12-21(16)26)14-30-24-13-19(25(28)29)9-11-23(24)31-15-20-10-8-18-4-2-3-5-22(18)27-20/h2-13H,14-15H2,1H3,(H,28,29). The van der Waals surface area contributed by atoms with Gasteiger partial charge in [0.1, 0.15) is 13.2 Å². The number of pyridine rings is 1. The van der Waals surface area contributed by atoms with Crippen LogP contribution < -0.4 is 9.47 Å². The maximum absolute atomic E-state index is 11.4. The molecule has 3 aromatic carbocycles. The zero-order valence-electron chi connectivity index (χ0n) is 16.8. The van der Waals surface area contributed by atoms with Gasteiger partial charge in [-0.15, -0.1) is 0 Å². The van der Waals surface area contributed by atoms with Crippen molar-refractivity contribution in [3.63, 3.8) is 0 Å². The molecule has 1 heterocycles. The topological polar surface area (TPSA) is 68.7 Å². The second kappa shape index (κ2) is 9.06. The first-order chi connectivity index (χ1) is 15.0. The lowest BCUT2D eigenvalue weighted by Crippen LogP contribution is -2.04. The van der Waals surface area contributed by atoms with Crippen LogP contribution in [0.1, 0.15) is 27.2 Å². The number of aryl methyl sites for hydroxylation is 1. The van der Waals surface area contributed by atoms with E-state index in [1.807, 2.05) is 61.5 Å². The Labute approximate surface area is 184 Å². The Morgan fingerprint density at radius 1 is 0.935 bits per heavy atom. The van der Waals surface area contributed by atoms with Crippen molar-refractivity contribution in [1.29, 1.82) is 0 Å². The normalized spacial score (nSPS) is 10.8. The van der Waals surface area contributed by atoms with E-state index in [4.69, 9.17) is 21.1 Å². The predicted octanol–water partition coefficient (Wildman–Crippen LogP) is 6.05. The summed E-state index contributed by atoms with van der Waals surface area (Å²) < 4.78 is 11.8. The molecule has 0 aliphatic carbocycles. The van der Waals surface area contributed by atoms with E-state index in [1.54, 1.807) is 6.07 Å². The van der Waals surface area contributed by atoms with Gasteiger partial charge in [-0.25, -0.2) is 9.78 Å². The first kappa shape index (κ1) is 20.7. The van der Waals surface area contributed by atoms with E-state index < -0.39 is 5.97 Å². The Balaban J connectivity index is 1.54. The van der Waals surface area contributed by atoms with Gasteiger partial charge in [0, 0.05) is 10.4 Å². The SMILES string of the molecule is Cc1ccc(COc2cc(C(=O)O)ccc2OCc2ccc3ccccc3n2)cc1Cl. The van der Waals surface area contributed by atoms with Crippen molar-refractivity contribution >= 4 is 28.5 Å². The Morgan fingerprint density at radius 3 is 2.55 bits per heavy atom. The molecule has 0 bridgehead atoms. The van der Waals surface area contributed by atoms with E-state index >= 15 is 0 Å². The number of halogens is 1. The van der Waals surface area contributed by atoms with Crippen molar-refractivity contribution in [3.05, 3.63) is 100 Å². The van der Waals surface area contributed by atoms with Crippen molar-refractivity contribution in [1.82, 2.24) is 4.98 Å². The molecule has 156 valence electrons. The number of benzene rings is 3. The molecule has 0 spiro atoms. The minimum Gasteiger partial charge on any atom is -0.485 e. The lowest BCUT2D eigenvalue weighted by molar-refractivity contribution is 0.0696.